The van der Waals surface area contributed by atoms with Gasteiger partial charge in [-0.15, -0.1) is 0 Å². The van der Waals surface area contributed by atoms with Gasteiger partial charge in [0.2, 0.25) is 0 Å². The Hall–Kier alpha value is -1.03. The number of hydrogen-bond acceptors (Lipinski definition) is 4. The second-order valence-corrected chi connectivity index (χ2v) is 4.65. The summed E-state index contributed by atoms with van der Waals surface area (Å²) in [5.41, 5.74) is 0.544. The first-order valence-electron chi connectivity index (χ1n) is 5.61. The maximum absolute atomic E-state index is 11.8. The number of Topliss-reactive ketones (excluding diaryl/α,β-unsaturated/α-hetero) is 1. The summed E-state index contributed by atoms with van der Waals surface area (Å²) >= 11 is 0. The molecule has 2 atom stereocenters. The van der Waals surface area contributed by atoms with Gasteiger partial charge in [0.1, 0.15) is 12.3 Å². The molecule has 0 aromatic carbocycles. The molecule has 0 aromatic heterocycles. The lowest BCUT2D eigenvalue weighted by Crippen LogP contribution is -2.55. The van der Waals surface area contributed by atoms with Crippen molar-refractivity contribution in [2.24, 2.45) is 9.98 Å². The molecule has 0 spiro atoms. The average molecular weight is 204 g/mol. The van der Waals surface area contributed by atoms with E-state index in [4.69, 9.17) is 0 Å². The highest BCUT2D eigenvalue weighted by molar-refractivity contribution is 6.45. The minimum Gasteiger partial charge on any atom is -0.303 e. The van der Waals surface area contributed by atoms with Crippen LogP contribution < -0.4 is 5.32 Å². The first-order valence-corrected chi connectivity index (χ1v) is 5.61. The predicted molar refractivity (Wildman–Crippen MR) is 57.5 cm³/mol. The number of rotatable bonds is 1. The van der Waals surface area contributed by atoms with Crippen LogP contribution in [-0.4, -0.2) is 36.0 Å². The van der Waals surface area contributed by atoms with Crippen LogP contribution in [0.1, 0.15) is 32.1 Å². The molecule has 0 amide bonds. The standard InChI is InChI=1S/C11H14N3O/c15-9-6-12-7-13-10(9)11-4-1-2-8(14-11)3-5-11/h8,14H,1-6H2. The van der Waals surface area contributed by atoms with Crippen molar-refractivity contribution in [3.05, 3.63) is 0 Å². The minimum absolute atomic E-state index is 0.0730. The van der Waals surface area contributed by atoms with Gasteiger partial charge in [0.15, 0.2) is 12.1 Å². The zero-order valence-corrected chi connectivity index (χ0v) is 8.62. The summed E-state index contributed by atoms with van der Waals surface area (Å²) in [7, 11) is 0. The van der Waals surface area contributed by atoms with Gasteiger partial charge in [0.05, 0.1) is 5.54 Å². The molecule has 2 saturated heterocycles. The molecule has 3 aliphatic heterocycles. The molecule has 0 saturated carbocycles. The summed E-state index contributed by atoms with van der Waals surface area (Å²) in [6, 6.07) is 0.591. The van der Waals surface area contributed by atoms with Crippen molar-refractivity contribution in [1.29, 1.82) is 0 Å². The fraction of sp³-hybridized carbons (Fsp3) is 0.727. The number of aliphatic imine (C=N–C) groups is 2. The fourth-order valence-electron chi connectivity index (χ4n) is 3.03. The molecule has 3 heterocycles. The monoisotopic (exact) mass is 204 g/mol. The molecule has 2 bridgehead atoms. The van der Waals surface area contributed by atoms with Gasteiger partial charge in [-0.25, -0.2) is 4.99 Å². The number of nitrogens with one attached hydrogen (secondary N) is 1. The zero-order valence-electron chi connectivity index (χ0n) is 8.62. The topological polar surface area (TPSA) is 53.8 Å². The third-order valence-electron chi connectivity index (χ3n) is 3.73. The second kappa shape index (κ2) is 3.23. The molecule has 4 nitrogen and oxygen atoms in total. The Balaban J connectivity index is 1.95. The number of carbonyl (C=O) groups is 1. The van der Waals surface area contributed by atoms with E-state index in [0.717, 1.165) is 12.8 Å². The highest BCUT2D eigenvalue weighted by atomic mass is 16.1. The first-order chi connectivity index (χ1) is 7.30. The smallest absolute Gasteiger partial charge is 0.200 e. The average Bonchev–Trinajstić information content (AvgIpc) is 2.56. The van der Waals surface area contributed by atoms with E-state index in [-0.39, 0.29) is 17.9 Å². The molecule has 2 fully saturated rings. The molecular weight excluding hydrogens is 190 g/mol. The van der Waals surface area contributed by atoms with E-state index in [0.29, 0.717) is 11.8 Å². The molecule has 0 aromatic rings. The van der Waals surface area contributed by atoms with Crippen LogP contribution in [0.4, 0.5) is 0 Å². The second-order valence-electron chi connectivity index (χ2n) is 4.65. The summed E-state index contributed by atoms with van der Waals surface area (Å²) in [6.45, 7) is 0.229. The zero-order chi connectivity index (χ0) is 10.3. The summed E-state index contributed by atoms with van der Waals surface area (Å²) < 4.78 is 0. The van der Waals surface area contributed by atoms with Gasteiger partial charge < -0.3 is 5.32 Å². The SMILES string of the molecule is O=C1CN=[C]N=C1C12CCCC(CC1)N2. The lowest BCUT2D eigenvalue weighted by atomic mass is 9.83. The Kier molecular flexibility index (Phi) is 1.99. The van der Waals surface area contributed by atoms with Gasteiger partial charge in [-0.3, -0.25) is 9.79 Å². The van der Waals surface area contributed by atoms with E-state index in [1.54, 1.807) is 0 Å². The summed E-state index contributed by atoms with van der Waals surface area (Å²) in [6.07, 6.45) is 8.28. The quantitative estimate of drug-likeness (QED) is 0.679. The van der Waals surface area contributed by atoms with Gasteiger partial charge in [-0.1, -0.05) is 0 Å². The summed E-state index contributed by atoms with van der Waals surface area (Å²) in [5.74, 6) is 0.0730. The van der Waals surface area contributed by atoms with Gasteiger partial charge in [-0.2, -0.15) is 0 Å². The molecular formula is C11H14N3O. The van der Waals surface area contributed by atoms with Crippen molar-refractivity contribution in [3.8, 4) is 0 Å². The van der Waals surface area contributed by atoms with Crippen LogP contribution >= 0.6 is 0 Å². The van der Waals surface area contributed by atoms with Crippen LogP contribution in [-0.2, 0) is 4.79 Å². The molecule has 15 heavy (non-hydrogen) atoms. The highest BCUT2D eigenvalue weighted by Crippen LogP contribution is 2.37. The van der Waals surface area contributed by atoms with Crippen molar-refractivity contribution in [1.82, 2.24) is 5.32 Å². The summed E-state index contributed by atoms with van der Waals surface area (Å²) in [4.78, 5) is 19.6. The Labute approximate surface area is 88.9 Å². The van der Waals surface area contributed by atoms with E-state index in [1.165, 1.54) is 19.3 Å². The number of carbonyl (C=O) groups excluding carboxylic acids is 1. The van der Waals surface area contributed by atoms with Gasteiger partial charge >= 0.3 is 0 Å². The minimum atomic E-state index is -0.136. The third-order valence-corrected chi connectivity index (χ3v) is 3.73. The van der Waals surface area contributed by atoms with E-state index < -0.39 is 0 Å². The Morgan fingerprint density at radius 2 is 2.33 bits per heavy atom. The van der Waals surface area contributed by atoms with Gasteiger partial charge in [0, 0.05) is 6.04 Å². The number of nitrogens with zero attached hydrogens (tertiary/aromatic N) is 2. The molecule has 79 valence electrons. The predicted octanol–water partition coefficient (Wildman–Crippen LogP) is 0.590. The third kappa shape index (κ3) is 1.35. The number of fused-ring (bicyclic) bond motifs is 2. The molecule has 3 rings (SSSR count). The molecule has 1 N–H and O–H groups in total. The van der Waals surface area contributed by atoms with E-state index in [1.807, 2.05) is 0 Å². The van der Waals surface area contributed by atoms with Crippen LogP contribution in [0.2, 0.25) is 0 Å². The van der Waals surface area contributed by atoms with Gasteiger partial charge in [-0.05, 0) is 32.1 Å². The maximum atomic E-state index is 11.8. The maximum Gasteiger partial charge on any atom is 0.200 e. The normalized spacial score (nSPS) is 39.3. The van der Waals surface area contributed by atoms with E-state index in [2.05, 4.69) is 21.6 Å². The molecule has 4 heteroatoms. The van der Waals surface area contributed by atoms with E-state index >= 15 is 0 Å². The number of ketones is 1. The van der Waals surface area contributed by atoms with Crippen molar-refractivity contribution in [2.45, 2.75) is 43.7 Å². The Morgan fingerprint density at radius 3 is 3.20 bits per heavy atom. The fourth-order valence-corrected chi connectivity index (χ4v) is 3.03. The summed E-state index contributed by atoms with van der Waals surface area (Å²) in [5, 5.41) is 3.57. The van der Waals surface area contributed by atoms with E-state index in [9.17, 15) is 4.79 Å². The number of hydrogen-bond donors (Lipinski definition) is 1. The van der Waals surface area contributed by atoms with Crippen LogP contribution in [0.15, 0.2) is 9.98 Å². The number of piperidine rings is 1. The molecule has 1 radical (unpaired) electrons. The van der Waals surface area contributed by atoms with Crippen molar-refractivity contribution < 1.29 is 4.79 Å². The Morgan fingerprint density at radius 1 is 1.40 bits per heavy atom. The van der Waals surface area contributed by atoms with Crippen LogP contribution in [0.3, 0.4) is 0 Å². The van der Waals surface area contributed by atoms with Crippen LogP contribution in [0.25, 0.3) is 0 Å². The molecule has 0 aliphatic carbocycles. The van der Waals surface area contributed by atoms with Crippen molar-refractivity contribution in [2.75, 3.05) is 6.54 Å². The van der Waals surface area contributed by atoms with Crippen molar-refractivity contribution in [3.63, 3.8) is 0 Å². The van der Waals surface area contributed by atoms with Crippen molar-refractivity contribution >= 4 is 17.8 Å². The molecule has 3 aliphatic rings. The lowest BCUT2D eigenvalue weighted by Gasteiger charge is -2.35. The van der Waals surface area contributed by atoms with Crippen LogP contribution in [0, 0.1) is 0 Å². The highest BCUT2D eigenvalue weighted by Gasteiger charge is 2.47. The lowest BCUT2D eigenvalue weighted by molar-refractivity contribution is -0.112. The first kappa shape index (κ1) is 9.21. The largest absolute Gasteiger partial charge is 0.303 e. The molecule has 2 unspecified atom stereocenters. The van der Waals surface area contributed by atoms with Crippen LogP contribution in [0.5, 0.6) is 0 Å². The Bertz CT molecular complexity index is 357. The van der Waals surface area contributed by atoms with Gasteiger partial charge in [0.25, 0.3) is 0 Å².